The van der Waals surface area contributed by atoms with E-state index in [-0.39, 0.29) is 5.56 Å². The summed E-state index contributed by atoms with van der Waals surface area (Å²) >= 11 is 5.27. The molecule has 0 atom stereocenters. The number of aromatic amines is 1. The summed E-state index contributed by atoms with van der Waals surface area (Å²) in [7, 11) is 0. The zero-order valence-corrected chi connectivity index (χ0v) is 11.5. The molecule has 0 bridgehead atoms. The highest BCUT2D eigenvalue weighted by atomic mass is 32.1. The molecular formula is C13H17N4OS+. The lowest BCUT2D eigenvalue weighted by atomic mass is 10.3. The second-order valence-electron chi connectivity index (χ2n) is 4.99. The average molecular weight is 277 g/mol. The maximum Gasteiger partial charge on any atom is 0.264 e. The van der Waals surface area contributed by atoms with E-state index < -0.39 is 0 Å². The first-order chi connectivity index (χ1) is 9.25. The predicted molar refractivity (Wildman–Crippen MR) is 76.0 cm³/mol. The highest BCUT2D eigenvalue weighted by molar-refractivity contribution is 7.71. The van der Waals surface area contributed by atoms with Gasteiger partial charge in [0.2, 0.25) is 0 Å². The number of nitrogens with one attached hydrogen (secondary N) is 2. The van der Waals surface area contributed by atoms with Crippen molar-refractivity contribution < 1.29 is 4.90 Å². The molecule has 0 saturated carbocycles. The third-order valence-electron chi connectivity index (χ3n) is 3.75. The largest absolute Gasteiger partial charge is 0.333 e. The van der Waals surface area contributed by atoms with E-state index in [1.807, 2.05) is 0 Å². The highest BCUT2D eigenvalue weighted by Crippen LogP contribution is 2.02. The third kappa shape index (κ3) is 2.46. The van der Waals surface area contributed by atoms with Crippen LogP contribution in [0, 0.1) is 4.77 Å². The third-order valence-corrected chi connectivity index (χ3v) is 4.08. The number of nitrogens with zero attached hydrogens (tertiary/aromatic N) is 2. The van der Waals surface area contributed by atoms with Crippen LogP contribution in [0.25, 0.3) is 11.0 Å². The van der Waals surface area contributed by atoms with Crippen molar-refractivity contribution in [1.82, 2.24) is 14.5 Å². The SMILES string of the molecule is O=c1c2cccnc2[nH]c(=S)n1CC[NH+]1CCCC1. The standard InChI is InChI=1S/C13H16N4OS/c18-12-10-4-3-5-14-11(10)15-13(19)17(12)9-8-16-6-1-2-7-16/h3-5H,1-2,6-9H2,(H,14,15,19)/p+1. The van der Waals surface area contributed by atoms with E-state index in [0.717, 1.165) is 6.54 Å². The molecule has 1 aliphatic heterocycles. The molecule has 1 saturated heterocycles. The van der Waals surface area contributed by atoms with Gasteiger partial charge in [-0.3, -0.25) is 9.36 Å². The Bertz CT molecular complexity index is 700. The van der Waals surface area contributed by atoms with Gasteiger partial charge in [-0.1, -0.05) is 0 Å². The van der Waals surface area contributed by atoms with Crippen molar-refractivity contribution in [2.24, 2.45) is 0 Å². The lowest BCUT2D eigenvalue weighted by Crippen LogP contribution is -3.10. The monoisotopic (exact) mass is 277 g/mol. The summed E-state index contributed by atoms with van der Waals surface area (Å²) in [5, 5.41) is 0.604. The fourth-order valence-electron chi connectivity index (χ4n) is 2.68. The van der Waals surface area contributed by atoms with Crippen molar-refractivity contribution in [2.45, 2.75) is 19.4 Å². The summed E-state index contributed by atoms with van der Waals surface area (Å²) in [5.74, 6) is 0. The van der Waals surface area contributed by atoms with Gasteiger partial charge in [-0.2, -0.15) is 0 Å². The molecule has 2 aromatic rings. The van der Waals surface area contributed by atoms with Crippen LogP contribution in [0.4, 0.5) is 0 Å². The fraction of sp³-hybridized carbons (Fsp3) is 0.462. The van der Waals surface area contributed by atoms with Crippen LogP contribution >= 0.6 is 12.2 Å². The van der Waals surface area contributed by atoms with Crippen LogP contribution < -0.4 is 10.5 Å². The van der Waals surface area contributed by atoms with Gasteiger partial charge in [-0.25, -0.2) is 4.98 Å². The summed E-state index contributed by atoms with van der Waals surface area (Å²) in [6.07, 6.45) is 4.24. The quantitative estimate of drug-likeness (QED) is 0.784. The van der Waals surface area contributed by atoms with Crippen molar-refractivity contribution in [3.63, 3.8) is 0 Å². The Morgan fingerprint density at radius 3 is 3.00 bits per heavy atom. The van der Waals surface area contributed by atoms with E-state index in [9.17, 15) is 4.79 Å². The minimum Gasteiger partial charge on any atom is -0.333 e. The number of H-pyrrole nitrogens is 1. The van der Waals surface area contributed by atoms with Gasteiger partial charge in [-0.05, 0) is 24.4 Å². The molecule has 100 valence electrons. The van der Waals surface area contributed by atoms with Gasteiger partial charge in [-0.15, -0.1) is 0 Å². The number of fused-ring (bicyclic) bond motifs is 1. The molecule has 0 radical (unpaired) electrons. The first-order valence-corrected chi connectivity index (χ1v) is 7.08. The molecule has 0 spiro atoms. The molecule has 3 rings (SSSR count). The van der Waals surface area contributed by atoms with Crippen LogP contribution in [-0.4, -0.2) is 34.2 Å². The van der Waals surface area contributed by atoms with E-state index in [2.05, 4.69) is 9.97 Å². The summed E-state index contributed by atoms with van der Waals surface area (Å²) in [6, 6.07) is 3.56. The van der Waals surface area contributed by atoms with Crippen LogP contribution in [0.1, 0.15) is 12.8 Å². The van der Waals surface area contributed by atoms with Gasteiger partial charge in [0.15, 0.2) is 4.77 Å². The summed E-state index contributed by atoms with van der Waals surface area (Å²) in [4.78, 5) is 21.1. The lowest BCUT2D eigenvalue weighted by Gasteiger charge is -2.13. The molecule has 0 aliphatic carbocycles. The lowest BCUT2D eigenvalue weighted by molar-refractivity contribution is -0.888. The molecular weight excluding hydrogens is 260 g/mol. The summed E-state index contributed by atoms with van der Waals surface area (Å²) < 4.78 is 2.12. The highest BCUT2D eigenvalue weighted by Gasteiger charge is 2.15. The van der Waals surface area contributed by atoms with Gasteiger partial charge in [0.25, 0.3) is 5.56 Å². The molecule has 6 heteroatoms. The molecule has 2 N–H and O–H groups in total. The van der Waals surface area contributed by atoms with Crippen LogP contribution in [0.2, 0.25) is 0 Å². The zero-order chi connectivity index (χ0) is 13.2. The van der Waals surface area contributed by atoms with Crippen LogP contribution in [0.3, 0.4) is 0 Å². The molecule has 19 heavy (non-hydrogen) atoms. The van der Waals surface area contributed by atoms with Crippen molar-refractivity contribution in [3.05, 3.63) is 33.5 Å². The minimum atomic E-state index is -0.0366. The molecule has 1 aliphatic rings. The average Bonchev–Trinajstić information content (AvgIpc) is 2.92. The number of pyridine rings is 1. The van der Waals surface area contributed by atoms with Gasteiger partial charge in [0, 0.05) is 19.0 Å². The molecule has 2 aromatic heterocycles. The Labute approximate surface area is 115 Å². The van der Waals surface area contributed by atoms with Crippen LogP contribution in [-0.2, 0) is 6.54 Å². The maximum atomic E-state index is 12.4. The van der Waals surface area contributed by atoms with Crippen molar-refractivity contribution in [2.75, 3.05) is 19.6 Å². The van der Waals surface area contributed by atoms with E-state index in [0.29, 0.717) is 22.3 Å². The number of hydrogen-bond donors (Lipinski definition) is 2. The summed E-state index contributed by atoms with van der Waals surface area (Å²) in [6.45, 7) is 4.05. The minimum absolute atomic E-state index is 0.0366. The summed E-state index contributed by atoms with van der Waals surface area (Å²) in [5.41, 5.74) is 0.535. The van der Waals surface area contributed by atoms with E-state index >= 15 is 0 Å². The van der Waals surface area contributed by atoms with E-state index in [1.165, 1.54) is 25.9 Å². The van der Waals surface area contributed by atoms with Gasteiger partial charge in [0.05, 0.1) is 31.6 Å². The van der Waals surface area contributed by atoms with Gasteiger partial charge in [0.1, 0.15) is 5.65 Å². The number of likely N-dealkylation sites (tertiary alicyclic amines) is 1. The Balaban J connectivity index is 1.94. The Morgan fingerprint density at radius 2 is 2.21 bits per heavy atom. The molecule has 3 heterocycles. The van der Waals surface area contributed by atoms with Crippen molar-refractivity contribution in [1.29, 1.82) is 0 Å². The second kappa shape index (κ2) is 5.22. The van der Waals surface area contributed by atoms with Crippen LogP contribution in [0.15, 0.2) is 23.1 Å². The maximum absolute atomic E-state index is 12.4. The number of aromatic nitrogens is 3. The van der Waals surface area contributed by atoms with Gasteiger partial charge < -0.3 is 9.88 Å². The number of rotatable bonds is 3. The number of quaternary nitrogens is 1. The van der Waals surface area contributed by atoms with Crippen molar-refractivity contribution in [3.8, 4) is 0 Å². The fourth-order valence-corrected chi connectivity index (χ4v) is 2.95. The number of hydrogen-bond acceptors (Lipinski definition) is 3. The first-order valence-electron chi connectivity index (χ1n) is 6.67. The molecule has 0 aromatic carbocycles. The predicted octanol–water partition coefficient (Wildman–Crippen LogP) is 0.133. The zero-order valence-electron chi connectivity index (χ0n) is 10.7. The topological polar surface area (TPSA) is 55.1 Å². The van der Waals surface area contributed by atoms with E-state index in [1.54, 1.807) is 27.8 Å². The second-order valence-corrected chi connectivity index (χ2v) is 5.38. The molecule has 1 fully saturated rings. The molecule has 0 amide bonds. The van der Waals surface area contributed by atoms with Crippen molar-refractivity contribution >= 4 is 23.3 Å². The van der Waals surface area contributed by atoms with E-state index in [4.69, 9.17) is 12.2 Å². The molecule has 5 nitrogen and oxygen atoms in total. The first kappa shape index (κ1) is 12.5. The Morgan fingerprint density at radius 1 is 1.42 bits per heavy atom. The molecule has 0 unspecified atom stereocenters. The Kier molecular flexibility index (Phi) is 3.44. The Hall–Kier alpha value is -1.53. The smallest absolute Gasteiger partial charge is 0.264 e. The normalized spacial score (nSPS) is 16.2. The van der Waals surface area contributed by atoms with Crippen LogP contribution in [0.5, 0.6) is 0 Å². The van der Waals surface area contributed by atoms with Gasteiger partial charge >= 0.3 is 0 Å².